The molecule has 0 spiro atoms. The summed E-state index contributed by atoms with van der Waals surface area (Å²) in [5.74, 6) is 1.07. The number of aliphatic imine (C=N–C) groups is 1. The fourth-order valence-electron chi connectivity index (χ4n) is 2.32. The topological polar surface area (TPSA) is 62.9 Å². The van der Waals surface area contributed by atoms with Gasteiger partial charge in [0, 0.05) is 31.1 Å². The quantitative estimate of drug-likeness (QED) is 0.407. The molecule has 1 atom stereocenters. The number of nitrogens with zero attached hydrogens (tertiary/aromatic N) is 2. The molecule has 0 saturated carbocycles. The summed E-state index contributed by atoms with van der Waals surface area (Å²) >= 11 is 1.79. The molecule has 5 nitrogen and oxygen atoms in total. The minimum Gasteiger partial charge on any atom is -0.379 e. The maximum Gasteiger partial charge on any atom is 0.188 e. The number of morpholine rings is 1. The van der Waals surface area contributed by atoms with Gasteiger partial charge < -0.3 is 15.8 Å². The van der Waals surface area contributed by atoms with Gasteiger partial charge in [0.15, 0.2) is 5.96 Å². The maximum atomic E-state index is 5.95. The van der Waals surface area contributed by atoms with Crippen LogP contribution in [0.4, 0.5) is 0 Å². The van der Waals surface area contributed by atoms with E-state index in [2.05, 4.69) is 46.6 Å². The Kier molecular flexibility index (Phi) is 9.30. The summed E-state index contributed by atoms with van der Waals surface area (Å²) in [6, 6.07) is 4.62. The Morgan fingerprint density at radius 1 is 1.45 bits per heavy atom. The Morgan fingerprint density at radius 3 is 2.77 bits per heavy atom. The van der Waals surface area contributed by atoms with Crippen molar-refractivity contribution in [3.05, 3.63) is 22.4 Å². The number of rotatable bonds is 6. The molecule has 1 aromatic heterocycles. The van der Waals surface area contributed by atoms with Gasteiger partial charge in [-0.15, -0.1) is 35.3 Å². The van der Waals surface area contributed by atoms with Crippen molar-refractivity contribution in [1.82, 2.24) is 10.2 Å². The highest BCUT2D eigenvalue weighted by atomic mass is 127. The Bertz CT molecular complexity index is 433. The molecule has 1 fully saturated rings. The maximum absolute atomic E-state index is 5.95. The third-order valence-electron chi connectivity index (χ3n) is 3.46. The Balaban J connectivity index is 0.00000242. The summed E-state index contributed by atoms with van der Waals surface area (Å²) in [6.07, 6.45) is 0. The molecule has 1 unspecified atom stereocenters. The summed E-state index contributed by atoms with van der Waals surface area (Å²) < 4.78 is 5.45. The molecule has 0 bridgehead atoms. The van der Waals surface area contributed by atoms with Crippen LogP contribution in [0.2, 0.25) is 0 Å². The third kappa shape index (κ3) is 6.39. The van der Waals surface area contributed by atoms with Gasteiger partial charge in [-0.2, -0.15) is 0 Å². The predicted molar refractivity (Wildman–Crippen MR) is 104 cm³/mol. The lowest BCUT2D eigenvalue weighted by Gasteiger charge is -2.34. The zero-order valence-electron chi connectivity index (χ0n) is 13.3. The predicted octanol–water partition coefficient (Wildman–Crippen LogP) is 2.30. The smallest absolute Gasteiger partial charge is 0.188 e. The van der Waals surface area contributed by atoms with Gasteiger partial charge in [-0.25, -0.2) is 0 Å². The van der Waals surface area contributed by atoms with E-state index < -0.39 is 0 Å². The molecule has 1 aromatic rings. The van der Waals surface area contributed by atoms with E-state index in [4.69, 9.17) is 10.5 Å². The van der Waals surface area contributed by atoms with E-state index in [1.165, 1.54) is 4.88 Å². The lowest BCUT2D eigenvalue weighted by molar-refractivity contribution is 0.0177. The Labute approximate surface area is 154 Å². The molecular weight excluding hydrogens is 411 g/mol. The van der Waals surface area contributed by atoms with Crippen LogP contribution in [0.25, 0.3) is 0 Å². The Hall–Kier alpha value is -0.380. The number of nitrogens with one attached hydrogen (secondary N) is 1. The van der Waals surface area contributed by atoms with Crippen LogP contribution < -0.4 is 11.1 Å². The van der Waals surface area contributed by atoms with E-state index in [1.807, 2.05) is 0 Å². The first-order valence-corrected chi connectivity index (χ1v) is 8.43. The monoisotopic (exact) mass is 438 g/mol. The van der Waals surface area contributed by atoms with Crippen LogP contribution in [0.3, 0.4) is 0 Å². The number of hydrogen-bond donors (Lipinski definition) is 2. The zero-order chi connectivity index (χ0) is 15.1. The number of thiophene rings is 1. The van der Waals surface area contributed by atoms with Gasteiger partial charge in [0.25, 0.3) is 0 Å². The van der Waals surface area contributed by atoms with E-state index in [0.29, 0.717) is 17.9 Å². The van der Waals surface area contributed by atoms with Crippen molar-refractivity contribution in [2.24, 2.45) is 16.6 Å². The molecule has 0 aromatic carbocycles. The van der Waals surface area contributed by atoms with Crippen molar-refractivity contribution in [3.8, 4) is 0 Å². The van der Waals surface area contributed by atoms with Gasteiger partial charge in [0.2, 0.25) is 0 Å². The molecule has 1 aliphatic heterocycles. The number of halogens is 1. The van der Waals surface area contributed by atoms with Gasteiger partial charge in [-0.3, -0.25) is 9.89 Å². The highest BCUT2D eigenvalue weighted by Gasteiger charge is 2.23. The largest absolute Gasteiger partial charge is 0.379 e. The zero-order valence-corrected chi connectivity index (χ0v) is 16.5. The van der Waals surface area contributed by atoms with Crippen LogP contribution in [0.5, 0.6) is 0 Å². The molecule has 1 saturated heterocycles. The average Bonchev–Trinajstić information content (AvgIpc) is 3.00. The lowest BCUT2D eigenvalue weighted by atomic mass is 10.2. The number of ether oxygens (including phenoxy) is 1. The second-order valence-electron chi connectivity index (χ2n) is 5.68. The highest BCUT2D eigenvalue weighted by molar-refractivity contribution is 14.0. The second-order valence-corrected chi connectivity index (χ2v) is 6.66. The molecule has 2 heterocycles. The SMILES string of the molecule is CC(C)CN=C(N)NCC(c1cccs1)N1CCOCC1.I. The fourth-order valence-corrected chi connectivity index (χ4v) is 3.18. The lowest BCUT2D eigenvalue weighted by Crippen LogP contribution is -2.45. The summed E-state index contributed by atoms with van der Waals surface area (Å²) in [4.78, 5) is 8.18. The summed E-state index contributed by atoms with van der Waals surface area (Å²) in [6.45, 7) is 9.37. The number of hydrogen-bond acceptors (Lipinski definition) is 4. The molecule has 1 aliphatic rings. The fraction of sp³-hybridized carbons (Fsp3) is 0.667. The Morgan fingerprint density at radius 2 is 2.18 bits per heavy atom. The minimum absolute atomic E-state index is 0. The van der Waals surface area contributed by atoms with Crippen molar-refractivity contribution in [3.63, 3.8) is 0 Å². The van der Waals surface area contributed by atoms with Crippen molar-refractivity contribution < 1.29 is 4.74 Å². The molecule has 2 rings (SSSR count). The molecule has 7 heteroatoms. The van der Waals surface area contributed by atoms with Crippen LogP contribution >= 0.6 is 35.3 Å². The van der Waals surface area contributed by atoms with E-state index in [-0.39, 0.29) is 24.0 Å². The van der Waals surface area contributed by atoms with Gasteiger partial charge in [-0.05, 0) is 17.4 Å². The molecule has 0 amide bonds. The third-order valence-corrected chi connectivity index (χ3v) is 4.43. The van der Waals surface area contributed by atoms with Gasteiger partial charge >= 0.3 is 0 Å². The van der Waals surface area contributed by atoms with Crippen LogP contribution in [0, 0.1) is 5.92 Å². The first-order chi connectivity index (χ1) is 10.2. The number of guanidine groups is 1. The summed E-state index contributed by atoms with van der Waals surface area (Å²) in [5.41, 5.74) is 5.95. The standard InChI is InChI=1S/C15H26N4OS.HI/c1-12(2)10-17-15(16)18-11-13(14-4-3-9-21-14)19-5-7-20-8-6-19;/h3-4,9,12-13H,5-8,10-11H2,1-2H3,(H3,16,17,18);1H. The van der Waals surface area contributed by atoms with Crippen LogP contribution in [0.15, 0.2) is 22.5 Å². The first kappa shape index (κ1) is 19.7. The van der Waals surface area contributed by atoms with Crippen LogP contribution in [0.1, 0.15) is 24.8 Å². The summed E-state index contributed by atoms with van der Waals surface area (Å²) in [5, 5.41) is 5.40. The minimum atomic E-state index is 0. The highest BCUT2D eigenvalue weighted by Crippen LogP contribution is 2.25. The van der Waals surface area contributed by atoms with Crippen LogP contribution in [-0.4, -0.2) is 50.3 Å². The van der Waals surface area contributed by atoms with Crippen molar-refractivity contribution in [2.45, 2.75) is 19.9 Å². The van der Waals surface area contributed by atoms with E-state index >= 15 is 0 Å². The molecule has 3 N–H and O–H groups in total. The summed E-state index contributed by atoms with van der Waals surface area (Å²) in [7, 11) is 0. The molecular formula is C15H27IN4OS. The second kappa shape index (κ2) is 10.4. The van der Waals surface area contributed by atoms with Crippen LogP contribution in [-0.2, 0) is 4.74 Å². The van der Waals surface area contributed by atoms with E-state index in [0.717, 1.165) is 39.4 Å². The number of nitrogens with two attached hydrogens (primary N) is 1. The molecule has 0 radical (unpaired) electrons. The normalized spacial score (nSPS) is 18.0. The van der Waals surface area contributed by atoms with Gasteiger partial charge in [-0.1, -0.05) is 19.9 Å². The van der Waals surface area contributed by atoms with Gasteiger partial charge in [0.05, 0.1) is 19.3 Å². The van der Waals surface area contributed by atoms with Crippen molar-refractivity contribution in [2.75, 3.05) is 39.4 Å². The van der Waals surface area contributed by atoms with Gasteiger partial charge in [0.1, 0.15) is 0 Å². The average molecular weight is 438 g/mol. The first-order valence-electron chi connectivity index (χ1n) is 7.56. The molecule has 22 heavy (non-hydrogen) atoms. The van der Waals surface area contributed by atoms with Crippen molar-refractivity contribution >= 4 is 41.3 Å². The van der Waals surface area contributed by atoms with E-state index in [9.17, 15) is 0 Å². The molecule has 0 aliphatic carbocycles. The van der Waals surface area contributed by atoms with Crippen molar-refractivity contribution in [1.29, 1.82) is 0 Å². The van der Waals surface area contributed by atoms with E-state index in [1.54, 1.807) is 11.3 Å². The molecule has 126 valence electrons.